The van der Waals surface area contributed by atoms with E-state index in [4.69, 9.17) is 0 Å². The Labute approximate surface area is 157 Å². The molecule has 0 aromatic heterocycles. The lowest BCUT2D eigenvalue weighted by atomic mass is 10.1. The molecule has 6 heteroatoms. The summed E-state index contributed by atoms with van der Waals surface area (Å²) in [5.41, 5.74) is 1.13. The fraction of sp³-hybridized carbons (Fsp3) is 0.579. The van der Waals surface area contributed by atoms with Gasteiger partial charge in [0.05, 0.1) is 0 Å². The Morgan fingerprint density at radius 1 is 1.20 bits per heavy atom. The molecular formula is C19H30ClN3O2. The second-order valence-corrected chi connectivity index (χ2v) is 6.38. The van der Waals surface area contributed by atoms with Crippen LogP contribution in [0.15, 0.2) is 24.3 Å². The number of hydrogen-bond donors (Lipinski definition) is 2. The van der Waals surface area contributed by atoms with Crippen molar-refractivity contribution in [3.05, 3.63) is 35.4 Å². The highest BCUT2D eigenvalue weighted by molar-refractivity contribution is 5.99. The monoisotopic (exact) mass is 367 g/mol. The highest BCUT2D eigenvalue weighted by atomic mass is 35.5. The van der Waals surface area contributed by atoms with Crippen molar-refractivity contribution < 1.29 is 9.59 Å². The molecule has 1 atom stereocenters. The van der Waals surface area contributed by atoms with E-state index >= 15 is 0 Å². The molecular weight excluding hydrogens is 338 g/mol. The summed E-state index contributed by atoms with van der Waals surface area (Å²) in [6, 6.07) is 7.40. The summed E-state index contributed by atoms with van der Waals surface area (Å²) in [5, 5.41) is 6.32. The maximum absolute atomic E-state index is 12.7. The van der Waals surface area contributed by atoms with E-state index < -0.39 is 0 Å². The Hall–Kier alpha value is -1.59. The third kappa shape index (κ3) is 6.33. The van der Waals surface area contributed by atoms with E-state index in [-0.39, 0.29) is 24.2 Å². The number of rotatable bonds is 8. The van der Waals surface area contributed by atoms with E-state index in [2.05, 4.69) is 24.5 Å². The molecule has 1 aromatic carbocycles. The number of amides is 2. The minimum Gasteiger partial charge on any atom is -0.350 e. The molecule has 2 N–H and O–H groups in total. The van der Waals surface area contributed by atoms with Gasteiger partial charge in [-0.15, -0.1) is 12.4 Å². The lowest BCUT2D eigenvalue weighted by Crippen LogP contribution is -2.37. The molecule has 1 heterocycles. The van der Waals surface area contributed by atoms with Gasteiger partial charge in [0.25, 0.3) is 11.8 Å². The van der Waals surface area contributed by atoms with Gasteiger partial charge in [0.15, 0.2) is 0 Å². The Morgan fingerprint density at radius 2 is 1.88 bits per heavy atom. The highest BCUT2D eigenvalue weighted by Gasteiger charge is 2.18. The van der Waals surface area contributed by atoms with Gasteiger partial charge in [-0.25, -0.2) is 0 Å². The van der Waals surface area contributed by atoms with E-state index in [9.17, 15) is 9.59 Å². The first-order valence-electron chi connectivity index (χ1n) is 9.06. The quantitative estimate of drug-likeness (QED) is 0.742. The van der Waals surface area contributed by atoms with Crippen LogP contribution in [-0.4, -0.2) is 48.9 Å². The molecule has 25 heavy (non-hydrogen) atoms. The van der Waals surface area contributed by atoms with Crippen LogP contribution < -0.4 is 10.6 Å². The number of nitrogens with one attached hydrogen (secondary N) is 2. The van der Waals surface area contributed by atoms with Gasteiger partial charge in [-0.2, -0.15) is 0 Å². The molecule has 1 saturated heterocycles. The standard InChI is InChI=1S/C19H29N3O2.ClH/c1-3-11-22(12-4-2)19(24)16-8-5-7-15(13-16)18(23)21-14-17-9-6-10-20-17;/h5,7-8,13,17,20H,3-4,6,9-12,14H2,1-2H3,(H,21,23);1H. The van der Waals surface area contributed by atoms with Crippen LogP contribution in [-0.2, 0) is 0 Å². The zero-order chi connectivity index (χ0) is 17.4. The van der Waals surface area contributed by atoms with Crippen molar-refractivity contribution in [2.45, 2.75) is 45.6 Å². The normalized spacial score (nSPS) is 16.2. The topological polar surface area (TPSA) is 61.4 Å². The molecule has 140 valence electrons. The maximum atomic E-state index is 12.7. The van der Waals surface area contributed by atoms with Gasteiger partial charge in [0.1, 0.15) is 0 Å². The first-order chi connectivity index (χ1) is 11.7. The molecule has 0 radical (unpaired) electrons. The third-order valence-corrected chi connectivity index (χ3v) is 4.32. The van der Waals surface area contributed by atoms with Crippen molar-refractivity contribution in [1.82, 2.24) is 15.5 Å². The second kappa shape index (κ2) is 11.1. The second-order valence-electron chi connectivity index (χ2n) is 6.38. The van der Waals surface area contributed by atoms with Crippen molar-refractivity contribution in [1.29, 1.82) is 0 Å². The highest BCUT2D eigenvalue weighted by Crippen LogP contribution is 2.10. The van der Waals surface area contributed by atoms with Gasteiger partial charge in [-0.3, -0.25) is 9.59 Å². The molecule has 5 nitrogen and oxygen atoms in total. The van der Waals surface area contributed by atoms with Crippen LogP contribution in [0.25, 0.3) is 0 Å². The fourth-order valence-electron chi connectivity index (χ4n) is 3.08. The van der Waals surface area contributed by atoms with Crippen molar-refractivity contribution in [3.63, 3.8) is 0 Å². The Kier molecular flexibility index (Phi) is 9.53. The number of carbonyl (C=O) groups excluding carboxylic acids is 2. The number of hydrogen-bond acceptors (Lipinski definition) is 3. The van der Waals surface area contributed by atoms with Crippen LogP contribution in [0.1, 0.15) is 60.2 Å². The SMILES string of the molecule is CCCN(CCC)C(=O)c1cccc(C(=O)NCC2CCCN2)c1.Cl. The predicted octanol–water partition coefficient (Wildman–Crippen LogP) is 2.85. The van der Waals surface area contributed by atoms with Gasteiger partial charge in [-0.05, 0) is 50.4 Å². The van der Waals surface area contributed by atoms with Crippen molar-refractivity contribution in [3.8, 4) is 0 Å². The molecule has 1 aromatic rings. The van der Waals surface area contributed by atoms with Crippen LogP contribution in [0, 0.1) is 0 Å². The number of halogens is 1. The van der Waals surface area contributed by atoms with Gasteiger partial charge in [-0.1, -0.05) is 19.9 Å². The Bertz CT molecular complexity index is 553. The fourth-order valence-corrected chi connectivity index (χ4v) is 3.08. The smallest absolute Gasteiger partial charge is 0.253 e. The minimum absolute atomic E-state index is 0. The van der Waals surface area contributed by atoms with Gasteiger partial charge >= 0.3 is 0 Å². The molecule has 0 bridgehead atoms. The summed E-state index contributed by atoms with van der Waals surface area (Å²) < 4.78 is 0. The molecule has 1 aliphatic heterocycles. The van der Waals surface area contributed by atoms with E-state index in [1.165, 1.54) is 0 Å². The van der Waals surface area contributed by atoms with Crippen LogP contribution in [0.3, 0.4) is 0 Å². The summed E-state index contributed by atoms with van der Waals surface area (Å²) in [7, 11) is 0. The molecule has 2 amide bonds. The van der Waals surface area contributed by atoms with E-state index in [1.807, 2.05) is 4.90 Å². The van der Waals surface area contributed by atoms with E-state index in [1.54, 1.807) is 24.3 Å². The van der Waals surface area contributed by atoms with E-state index in [0.29, 0.717) is 23.7 Å². The summed E-state index contributed by atoms with van der Waals surface area (Å²) in [6.45, 7) is 7.28. The summed E-state index contributed by atoms with van der Waals surface area (Å²) in [5.74, 6) is -0.110. The largest absolute Gasteiger partial charge is 0.350 e. The molecule has 2 rings (SSSR count). The lowest BCUT2D eigenvalue weighted by Gasteiger charge is -2.21. The maximum Gasteiger partial charge on any atom is 0.253 e. The van der Waals surface area contributed by atoms with Crippen LogP contribution in [0.4, 0.5) is 0 Å². The number of benzene rings is 1. The Balaban J connectivity index is 0.00000312. The third-order valence-electron chi connectivity index (χ3n) is 4.32. The predicted molar refractivity (Wildman–Crippen MR) is 104 cm³/mol. The molecule has 1 unspecified atom stereocenters. The summed E-state index contributed by atoms with van der Waals surface area (Å²) >= 11 is 0. The number of nitrogens with zero attached hydrogens (tertiary/aromatic N) is 1. The molecule has 0 spiro atoms. The molecule has 0 saturated carbocycles. The average molecular weight is 368 g/mol. The zero-order valence-electron chi connectivity index (χ0n) is 15.2. The van der Waals surface area contributed by atoms with Crippen LogP contribution >= 0.6 is 12.4 Å². The average Bonchev–Trinajstić information content (AvgIpc) is 3.12. The molecule has 0 aliphatic carbocycles. The molecule has 1 aliphatic rings. The van der Waals surface area contributed by atoms with Crippen molar-refractivity contribution in [2.24, 2.45) is 0 Å². The molecule has 1 fully saturated rings. The van der Waals surface area contributed by atoms with Crippen molar-refractivity contribution >= 4 is 24.2 Å². The van der Waals surface area contributed by atoms with Crippen LogP contribution in [0.2, 0.25) is 0 Å². The summed E-state index contributed by atoms with van der Waals surface area (Å²) in [4.78, 5) is 26.8. The first-order valence-corrected chi connectivity index (χ1v) is 9.06. The Morgan fingerprint density at radius 3 is 2.48 bits per heavy atom. The zero-order valence-corrected chi connectivity index (χ0v) is 16.0. The number of carbonyl (C=O) groups is 2. The van der Waals surface area contributed by atoms with Crippen LogP contribution in [0.5, 0.6) is 0 Å². The van der Waals surface area contributed by atoms with Gasteiger partial charge in [0, 0.05) is 36.8 Å². The minimum atomic E-state index is -0.115. The van der Waals surface area contributed by atoms with Gasteiger partial charge in [0.2, 0.25) is 0 Å². The van der Waals surface area contributed by atoms with E-state index in [0.717, 1.165) is 45.3 Å². The lowest BCUT2D eigenvalue weighted by molar-refractivity contribution is 0.0755. The van der Waals surface area contributed by atoms with Crippen molar-refractivity contribution in [2.75, 3.05) is 26.2 Å². The van der Waals surface area contributed by atoms with Gasteiger partial charge < -0.3 is 15.5 Å². The summed E-state index contributed by atoms with van der Waals surface area (Å²) in [6.07, 6.45) is 4.12. The first kappa shape index (κ1) is 21.5.